The summed E-state index contributed by atoms with van der Waals surface area (Å²) in [6, 6.07) is -0.266. The Morgan fingerprint density at radius 1 is 1.52 bits per heavy atom. The van der Waals surface area contributed by atoms with Crippen molar-refractivity contribution >= 4 is 21.5 Å². The minimum Gasteiger partial charge on any atom is -0.318 e. The van der Waals surface area contributed by atoms with E-state index in [4.69, 9.17) is 0 Å². The van der Waals surface area contributed by atoms with Gasteiger partial charge >= 0.3 is 0 Å². The molecule has 0 radical (unpaired) electrons. The molecule has 0 saturated carbocycles. The van der Waals surface area contributed by atoms with Gasteiger partial charge in [-0.1, -0.05) is 6.42 Å². The van der Waals surface area contributed by atoms with Crippen molar-refractivity contribution < 1.29 is 8.42 Å². The summed E-state index contributed by atoms with van der Waals surface area (Å²) in [4.78, 5) is 5.35. The molecule has 2 rings (SSSR count). The second-order valence-electron chi connectivity index (χ2n) is 5.47. The molecule has 6 nitrogen and oxygen atoms in total. The summed E-state index contributed by atoms with van der Waals surface area (Å²) in [5.41, 5.74) is 0. The Morgan fingerprint density at radius 3 is 2.90 bits per heavy atom. The van der Waals surface area contributed by atoms with E-state index in [-0.39, 0.29) is 12.1 Å². The standard InChI is InChI=1S/C13H24N4O2S2/c1-10-8-15-13(20-10)11(2)16-21(18,19)17-7-5-4-6-12(17)9-14-3/h8,11-12,14,16H,4-7,9H2,1-3H3. The molecular formula is C13H24N4O2S2. The van der Waals surface area contributed by atoms with Crippen LogP contribution in [0.5, 0.6) is 0 Å². The molecule has 1 saturated heterocycles. The van der Waals surface area contributed by atoms with Crippen molar-refractivity contribution in [2.75, 3.05) is 20.1 Å². The first-order chi connectivity index (χ1) is 9.94. The van der Waals surface area contributed by atoms with E-state index in [2.05, 4.69) is 15.0 Å². The highest BCUT2D eigenvalue weighted by atomic mass is 32.2. The molecule has 0 bridgehead atoms. The predicted molar refractivity (Wildman–Crippen MR) is 85.6 cm³/mol. The third-order valence-electron chi connectivity index (χ3n) is 3.66. The molecule has 21 heavy (non-hydrogen) atoms. The van der Waals surface area contributed by atoms with Gasteiger partial charge in [-0.15, -0.1) is 11.3 Å². The number of likely N-dealkylation sites (N-methyl/N-ethyl adjacent to an activating group) is 1. The lowest BCUT2D eigenvalue weighted by molar-refractivity contribution is 0.245. The van der Waals surface area contributed by atoms with Gasteiger partial charge in [0, 0.05) is 30.2 Å². The van der Waals surface area contributed by atoms with E-state index in [0.29, 0.717) is 13.1 Å². The molecule has 0 aliphatic carbocycles. The van der Waals surface area contributed by atoms with Crippen LogP contribution in [0, 0.1) is 6.92 Å². The normalized spacial score (nSPS) is 22.3. The number of nitrogens with zero attached hydrogens (tertiary/aromatic N) is 2. The fourth-order valence-electron chi connectivity index (χ4n) is 2.64. The third-order valence-corrected chi connectivity index (χ3v) is 6.50. The van der Waals surface area contributed by atoms with Crippen molar-refractivity contribution in [1.82, 2.24) is 19.3 Å². The Balaban J connectivity index is 2.09. The topological polar surface area (TPSA) is 74.3 Å². The highest BCUT2D eigenvalue weighted by molar-refractivity contribution is 7.87. The number of nitrogens with one attached hydrogen (secondary N) is 2. The van der Waals surface area contributed by atoms with Crippen LogP contribution in [-0.4, -0.2) is 43.9 Å². The maximum absolute atomic E-state index is 12.6. The summed E-state index contributed by atoms with van der Waals surface area (Å²) < 4.78 is 29.6. The van der Waals surface area contributed by atoms with E-state index in [1.807, 2.05) is 20.9 Å². The van der Waals surface area contributed by atoms with Crippen LogP contribution in [0.25, 0.3) is 0 Å². The van der Waals surface area contributed by atoms with Crippen LogP contribution >= 0.6 is 11.3 Å². The zero-order valence-electron chi connectivity index (χ0n) is 12.8. The number of aromatic nitrogens is 1. The molecule has 2 heterocycles. The number of hydrogen-bond acceptors (Lipinski definition) is 5. The molecule has 2 atom stereocenters. The van der Waals surface area contributed by atoms with Crippen molar-refractivity contribution in [3.8, 4) is 0 Å². The Kier molecular flexibility index (Phi) is 5.73. The summed E-state index contributed by atoms with van der Waals surface area (Å²) in [5.74, 6) is 0. The first-order valence-corrected chi connectivity index (χ1v) is 9.55. The Labute approximate surface area is 131 Å². The summed E-state index contributed by atoms with van der Waals surface area (Å²) >= 11 is 1.53. The van der Waals surface area contributed by atoms with Gasteiger partial charge in [-0.25, -0.2) is 4.98 Å². The Hall–Kier alpha value is -0.540. The average molecular weight is 332 g/mol. The lowest BCUT2D eigenvalue weighted by Gasteiger charge is -2.35. The van der Waals surface area contributed by atoms with Gasteiger partial charge in [0.25, 0.3) is 10.2 Å². The van der Waals surface area contributed by atoms with Crippen LogP contribution in [0.4, 0.5) is 0 Å². The summed E-state index contributed by atoms with van der Waals surface area (Å²) in [7, 11) is -1.63. The molecule has 0 amide bonds. The number of hydrogen-bond donors (Lipinski definition) is 2. The highest BCUT2D eigenvalue weighted by Gasteiger charge is 2.33. The van der Waals surface area contributed by atoms with E-state index in [1.54, 1.807) is 10.5 Å². The lowest BCUT2D eigenvalue weighted by Crippen LogP contribution is -2.52. The van der Waals surface area contributed by atoms with E-state index in [1.165, 1.54) is 11.3 Å². The second kappa shape index (κ2) is 7.15. The van der Waals surface area contributed by atoms with Crippen LogP contribution < -0.4 is 10.0 Å². The maximum atomic E-state index is 12.6. The van der Waals surface area contributed by atoms with Gasteiger partial charge in [-0.2, -0.15) is 17.4 Å². The van der Waals surface area contributed by atoms with Gasteiger partial charge in [-0.3, -0.25) is 0 Å². The smallest absolute Gasteiger partial charge is 0.280 e. The minimum absolute atomic E-state index is 0.0338. The molecule has 1 aliphatic heterocycles. The van der Waals surface area contributed by atoms with Gasteiger partial charge in [0.15, 0.2) is 0 Å². The van der Waals surface area contributed by atoms with Gasteiger partial charge in [0.1, 0.15) is 5.01 Å². The van der Waals surface area contributed by atoms with Crippen molar-refractivity contribution in [1.29, 1.82) is 0 Å². The summed E-state index contributed by atoms with van der Waals surface area (Å²) in [6.07, 6.45) is 4.69. The van der Waals surface area contributed by atoms with E-state index in [9.17, 15) is 8.42 Å². The van der Waals surface area contributed by atoms with E-state index < -0.39 is 10.2 Å². The molecule has 1 fully saturated rings. The molecule has 1 aromatic heterocycles. The monoisotopic (exact) mass is 332 g/mol. The summed E-state index contributed by atoms with van der Waals surface area (Å²) in [5, 5.41) is 3.89. The molecule has 0 aromatic carbocycles. The molecule has 1 aliphatic rings. The Bertz CT molecular complexity index is 556. The first kappa shape index (κ1) is 16.8. The van der Waals surface area contributed by atoms with Crippen LogP contribution in [-0.2, 0) is 10.2 Å². The molecule has 2 unspecified atom stereocenters. The molecule has 8 heteroatoms. The quantitative estimate of drug-likeness (QED) is 0.826. The van der Waals surface area contributed by atoms with Crippen LogP contribution in [0.15, 0.2) is 6.20 Å². The largest absolute Gasteiger partial charge is 0.318 e. The molecule has 0 spiro atoms. The Morgan fingerprint density at radius 2 is 2.29 bits per heavy atom. The number of aryl methyl sites for hydroxylation is 1. The molecule has 1 aromatic rings. The van der Waals surface area contributed by atoms with Gasteiger partial charge in [0.2, 0.25) is 0 Å². The molecule has 2 N–H and O–H groups in total. The van der Waals surface area contributed by atoms with Crippen molar-refractivity contribution in [2.24, 2.45) is 0 Å². The lowest BCUT2D eigenvalue weighted by atomic mass is 10.1. The molecular weight excluding hydrogens is 308 g/mol. The van der Waals surface area contributed by atoms with Crippen LogP contribution in [0.2, 0.25) is 0 Å². The van der Waals surface area contributed by atoms with Crippen molar-refractivity contribution in [3.63, 3.8) is 0 Å². The predicted octanol–water partition coefficient (Wildman–Crippen LogP) is 1.42. The van der Waals surface area contributed by atoms with E-state index >= 15 is 0 Å². The zero-order chi connectivity index (χ0) is 15.5. The average Bonchev–Trinajstić information content (AvgIpc) is 2.86. The second-order valence-corrected chi connectivity index (χ2v) is 8.39. The number of thiazole rings is 1. The van der Waals surface area contributed by atoms with E-state index in [0.717, 1.165) is 29.1 Å². The van der Waals surface area contributed by atoms with Crippen molar-refractivity contribution in [3.05, 3.63) is 16.1 Å². The first-order valence-electron chi connectivity index (χ1n) is 7.30. The molecule has 120 valence electrons. The zero-order valence-corrected chi connectivity index (χ0v) is 14.4. The fourth-order valence-corrected chi connectivity index (χ4v) is 5.13. The van der Waals surface area contributed by atoms with Gasteiger partial charge in [0.05, 0.1) is 6.04 Å². The fraction of sp³-hybridized carbons (Fsp3) is 0.769. The third kappa shape index (κ3) is 4.23. The SMILES string of the molecule is CNCC1CCCCN1S(=O)(=O)NC(C)c1ncc(C)s1. The number of rotatable bonds is 6. The minimum atomic E-state index is -3.48. The maximum Gasteiger partial charge on any atom is 0.280 e. The summed E-state index contributed by atoms with van der Waals surface area (Å²) in [6.45, 7) is 5.08. The number of piperidine rings is 1. The van der Waals surface area contributed by atoms with Crippen molar-refractivity contribution in [2.45, 2.75) is 45.2 Å². The van der Waals surface area contributed by atoms with Gasteiger partial charge < -0.3 is 5.32 Å². The van der Waals surface area contributed by atoms with Gasteiger partial charge in [-0.05, 0) is 33.7 Å². The highest BCUT2D eigenvalue weighted by Crippen LogP contribution is 2.23. The van der Waals surface area contributed by atoms with Crippen LogP contribution in [0.3, 0.4) is 0 Å². The van der Waals surface area contributed by atoms with Crippen LogP contribution in [0.1, 0.15) is 42.1 Å².